The van der Waals surface area contributed by atoms with Crippen LogP contribution in [0.15, 0.2) is 34.2 Å². The maximum absolute atomic E-state index is 8.84. The molecule has 1 N–H and O–H groups in total. The summed E-state index contributed by atoms with van der Waals surface area (Å²) in [6, 6.07) is 7.62. The van der Waals surface area contributed by atoms with Crippen molar-refractivity contribution in [1.29, 1.82) is 5.26 Å². The molecule has 3 nitrogen and oxygen atoms in total. The summed E-state index contributed by atoms with van der Waals surface area (Å²) in [5.74, 6) is 0. The molecule has 0 atom stereocenters. The van der Waals surface area contributed by atoms with Crippen LogP contribution in [0.1, 0.15) is 24.4 Å². The average Bonchev–Trinajstić information content (AvgIpc) is 2.86. The van der Waals surface area contributed by atoms with E-state index in [-0.39, 0.29) is 5.54 Å². The Morgan fingerprint density at radius 3 is 2.78 bits per heavy atom. The number of hydrogen-bond acceptors (Lipinski definition) is 4. The van der Waals surface area contributed by atoms with Gasteiger partial charge in [0.15, 0.2) is 0 Å². The van der Waals surface area contributed by atoms with Crippen LogP contribution >= 0.6 is 27.3 Å². The lowest BCUT2D eigenvalue weighted by Crippen LogP contribution is -2.27. The zero-order chi connectivity index (χ0) is 13.2. The summed E-state index contributed by atoms with van der Waals surface area (Å²) in [5.41, 5.74) is 1.35. The fourth-order valence-corrected chi connectivity index (χ4v) is 2.80. The Morgan fingerprint density at radius 2 is 2.22 bits per heavy atom. The van der Waals surface area contributed by atoms with E-state index in [1.165, 1.54) is 0 Å². The van der Waals surface area contributed by atoms with Crippen LogP contribution in [0, 0.1) is 11.3 Å². The van der Waals surface area contributed by atoms with Crippen LogP contribution in [0.4, 0.5) is 5.69 Å². The molecule has 0 unspecified atom stereocenters. The summed E-state index contributed by atoms with van der Waals surface area (Å²) >= 11 is 5.09. The normalized spacial score (nSPS) is 11.0. The number of benzene rings is 1. The van der Waals surface area contributed by atoms with Gasteiger partial charge >= 0.3 is 0 Å². The number of halogens is 1. The minimum atomic E-state index is -0.245. The van der Waals surface area contributed by atoms with Crippen LogP contribution in [0.2, 0.25) is 0 Å². The fraction of sp³-hybridized carbons (Fsp3) is 0.231. The van der Waals surface area contributed by atoms with Gasteiger partial charge in [0, 0.05) is 21.7 Å². The summed E-state index contributed by atoms with van der Waals surface area (Å²) in [7, 11) is 0. The van der Waals surface area contributed by atoms with Gasteiger partial charge in [-0.2, -0.15) is 5.26 Å². The molecule has 1 heterocycles. The molecule has 2 aromatic rings. The fourth-order valence-electron chi connectivity index (χ4n) is 1.61. The smallest absolute Gasteiger partial charge is 0.117 e. The third-order valence-electron chi connectivity index (χ3n) is 2.51. The molecule has 0 aliphatic heterocycles. The number of anilines is 1. The quantitative estimate of drug-likeness (QED) is 0.924. The first-order valence-electron chi connectivity index (χ1n) is 5.41. The van der Waals surface area contributed by atoms with E-state index in [1.54, 1.807) is 29.7 Å². The number of rotatable bonds is 3. The van der Waals surface area contributed by atoms with Crippen molar-refractivity contribution >= 4 is 33.0 Å². The second-order valence-corrected chi connectivity index (χ2v) is 6.14. The van der Waals surface area contributed by atoms with E-state index in [0.29, 0.717) is 5.56 Å². The summed E-state index contributed by atoms with van der Waals surface area (Å²) in [4.78, 5) is 4.34. The molecule has 92 valence electrons. The number of thiazole rings is 1. The van der Waals surface area contributed by atoms with Gasteiger partial charge in [-0.15, -0.1) is 11.3 Å². The third kappa shape index (κ3) is 2.71. The molecule has 0 spiro atoms. The first-order valence-corrected chi connectivity index (χ1v) is 7.08. The van der Waals surface area contributed by atoms with Gasteiger partial charge in [0.2, 0.25) is 0 Å². The van der Waals surface area contributed by atoms with Gasteiger partial charge < -0.3 is 5.32 Å². The number of hydrogen-bond donors (Lipinski definition) is 1. The topological polar surface area (TPSA) is 48.7 Å². The van der Waals surface area contributed by atoms with Crippen LogP contribution in [0.25, 0.3) is 0 Å². The lowest BCUT2D eigenvalue weighted by atomic mass is 10.1. The largest absolute Gasteiger partial charge is 0.373 e. The molecular weight excluding hydrogens is 310 g/mol. The molecule has 0 saturated heterocycles. The van der Waals surface area contributed by atoms with E-state index in [1.807, 2.05) is 11.4 Å². The highest BCUT2D eigenvalue weighted by Crippen LogP contribution is 2.31. The van der Waals surface area contributed by atoms with Crippen LogP contribution in [-0.2, 0) is 5.54 Å². The van der Waals surface area contributed by atoms with Crippen molar-refractivity contribution in [2.75, 3.05) is 5.32 Å². The maximum atomic E-state index is 8.84. The van der Waals surface area contributed by atoms with Crippen molar-refractivity contribution in [3.8, 4) is 6.07 Å². The third-order valence-corrected chi connectivity index (χ3v) is 4.27. The van der Waals surface area contributed by atoms with Gasteiger partial charge in [0.1, 0.15) is 5.01 Å². The van der Waals surface area contributed by atoms with Gasteiger partial charge in [-0.3, -0.25) is 0 Å². The minimum absolute atomic E-state index is 0.245. The second-order valence-electron chi connectivity index (χ2n) is 4.39. The molecule has 0 fully saturated rings. The van der Waals surface area contributed by atoms with Crippen LogP contribution in [0.5, 0.6) is 0 Å². The average molecular weight is 322 g/mol. The van der Waals surface area contributed by atoms with Crippen molar-refractivity contribution in [3.05, 3.63) is 44.8 Å². The van der Waals surface area contributed by atoms with Gasteiger partial charge in [-0.05, 0) is 48.0 Å². The number of nitriles is 1. The Hall–Kier alpha value is -1.38. The first kappa shape index (κ1) is 13.1. The Balaban J connectivity index is 2.27. The Labute approximate surface area is 119 Å². The van der Waals surface area contributed by atoms with E-state index in [0.717, 1.165) is 15.2 Å². The van der Waals surface area contributed by atoms with Crippen LogP contribution in [-0.4, -0.2) is 4.98 Å². The molecule has 0 aliphatic carbocycles. The second kappa shape index (κ2) is 5.09. The van der Waals surface area contributed by atoms with E-state index >= 15 is 0 Å². The Morgan fingerprint density at radius 1 is 1.44 bits per heavy atom. The monoisotopic (exact) mass is 321 g/mol. The predicted octanol–water partition coefficient (Wildman–Crippen LogP) is 4.12. The summed E-state index contributed by atoms with van der Waals surface area (Å²) in [6.45, 7) is 4.16. The molecule has 2 rings (SSSR count). The minimum Gasteiger partial charge on any atom is -0.373 e. The van der Waals surface area contributed by atoms with E-state index in [4.69, 9.17) is 5.26 Å². The standard InChI is InChI=1S/C13H12BrN3S/c1-13(2,12-16-5-6-18-12)17-11-4-3-9(8-15)7-10(11)14/h3-7,17H,1-2H3. The van der Waals surface area contributed by atoms with Crippen molar-refractivity contribution in [2.45, 2.75) is 19.4 Å². The zero-order valence-electron chi connectivity index (χ0n) is 10.1. The number of aromatic nitrogens is 1. The first-order chi connectivity index (χ1) is 8.53. The highest BCUT2D eigenvalue weighted by atomic mass is 79.9. The predicted molar refractivity (Wildman–Crippen MR) is 77.6 cm³/mol. The molecular formula is C13H12BrN3S. The molecule has 0 amide bonds. The highest BCUT2D eigenvalue weighted by molar-refractivity contribution is 9.10. The van der Waals surface area contributed by atoms with Crippen LogP contribution in [0.3, 0.4) is 0 Å². The molecule has 0 saturated carbocycles. The van der Waals surface area contributed by atoms with Gasteiger partial charge in [-0.1, -0.05) is 0 Å². The summed E-state index contributed by atoms with van der Waals surface area (Å²) < 4.78 is 0.881. The van der Waals surface area contributed by atoms with Gasteiger partial charge in [-0.25, -0.2) is 4.98 Å². The van der Waals surface area contributed by atoms with Crippen LogP contribution < -0.4 is 5.32 Å². The van der Waals surface area contributed by atoms with Crippen molar-refractivity contribution in [1.82, 2.24) is 4.98 Å². The Bertz CT molecular complexity index is 585. The lowest BCUT2D eigenvalue weighted by Gasteiger charge is -2.26. The lowest BCUT2D eigenvalue weighted by molar-refractivity contribution is 0.604. The maximum Gasteiger partial charge on any atom is 0.117 e. The van der Waals surface area contributed by atoms with Crippen molar-refractivity contribution < 1.29 is 0 Å². The molecule has 0 bridgehead atoms. The van der Waals surface area contributed by atoms with Crippen molar-refractivity contribution in [2.24, 2.45) is 0 Å². The molecule has 18 heavy (non-hydrogen) atoms. The van der Waals surface area contributed by atoms with E-state index in [2.05, 4.69) is 46.1 Å². The molecule has 1 aromatic carbocycles. The highest BCUT2D eigenvalue weighted by Gasteiger charge is 2.23. The van der Waals surface area contributed by atoms with Crippen molar-refractivity contribution in [3.63, 3.8) is 0 Å². The summed E-state index contributed by atoms with van der Waals surface area (Å²) in [5, 5.41) is 15.3. The zero-order valence-corrected chi connectivity index (χ0v) is 12.5. The number of nitrogens with zero attached hydrogens (tertiary/aromatic N) is 2. The van der Waals surface area contributed by atoms with Gasteiger partial charge in [0.05, 0.1) is 17.2 Å². The van der Waals surface area contributed by atoms with E-state index in [9.17, 15) is 0 Å². The van der Waals surface area contributed by atoms with E-state index < -0.39 is 0 Å². The molecule has 1 aromatic heterocycles. The van der Waals surface area contributed by atoms with Gasteiger partial charge in [0.25, 0.3) is 0 Å². The SMILES string of the molecule is CC(C)(Nc1ccc(C#N)cc1Br)c1nccs1. The molecule has 0 aliphatic rings. The molecule has 0 radical (unpaired) electrons. The summed E-state index contributed by atoms with van der Waals surface area (Å²) in [6.07, 6.45) is 1.80. The molecule has 5 heteroatoms. The number of nitrogens with one attached hydrogen (secondary N) is 1. The Kier molecular flexibility index (Phi) is 3.69.